The van der Waals surface area contributed by atoms with Crippen molar-refractivity contribution >= 4 is 29.5 Å². The summed E-state index contributed by atoms with van der Waals surface area (Å²) >= 11 is 0. The molecule has 6 heteroatoms. The predicted octanol–water partition coefficient (Wildman–Crippen LogP) is 3.82. The third-order valence-corrected chi connectivity index (χ3v) is 5.40. The van der Waals surface area contributed by atoms with Crippen LogP contribution >= 0.6 is 0 Å². The molecule has 0 bridgehead atoms. The molecule has 2 atom stereocenters. The molecule has 1 fully saturated rings. The van der Waals surface area contributed by atoms with Gasteiger partial charge in [0.2, 0.25) is 5.91 Å². The van der Waals surface area contributed by atoms with E-state index >= 15 is 0 Å². The highest BCUT2D eigenvalue weighted by Crippen LogP contribution is 2.25. The average molecular weight is 420 g/mol. The number of anilines is 1. The topological polar surface area (TPSA) is 78.5 Å². The van der Waals surface area contributed by atoms with Gasteiger partial charge in [0.1, 0.15) is 0 Å². The Morgan fingerprint density at radius 1 is 0.968 bits per heavy atom. The normalized spacial score (nSPS) is 18.6. The Hall–Kier alpha value is -3.41. The van der Waals surface area contributed by atoms with Gasteiger partial charge < -0.3 is 15.5 Å². The number of benzene rings is 2. The Labute approximate surface area is 183 Å². The number of carbonyl (C=O) groups excluding carboxylic acids is 3. The Kier molecular flexibility index (Phi) is 7.23. The molecule has 0 spiro atoms. The maximum atomic E-state index is 13.1. The molecule has 0 saturated carbocycles. The summed E-state index contributed by atoms with van der Waals surface area (Å²) in [5.41, 5.74) is 2.35. The average Bonchev–Trinajstić information content (AvgIpc) is 2.76. The van der Waals surface area contributed by atoms with Crippen LogP contribution in [0.15, 0.2) is 54.6 Å². The minimum Gasteiger partial charge on any atom is -0.355 e. The van der Waals surface area contributed by atoms with E-state index in [9.17, 15) is 14.4 Å². The van der Waals surface area contributed by atoms with Crippen molar-refractivity contribution in [2.75, 3.05) is 25.5 Å². The molecule has 2 aromatic carbocycles. The summed E-state index contributed by atoms with van der Waals surface area (Å²) in [5.74, 6) is 0.394. The first-order chi connectivity index (χ1) is 14.9. The van der Waals surface area contributed by atoms with E-state index in [1.807, 2.05) is 11.0 Å². The lowest BCUT2D eigenvalue weighted by molar-refractivity contribution is -0.111. The number of nitrogens with one attached hydrogen (secondary N) is 2. The highest BCUT2D eigenvalue weighted by atomic mass is 16.2. The van der Waals surface area contributed by atoms with Gasteiger partial charge in [0, 0.05) is 31.8 Å². The van der Waals surface area contributed by atoms with Gasteiger partial charge in [-0.1, -0.05) is 38.1 Å². The second kappa shape index (κ2) is 10.1. The fourth-order valence-corrected chi connectivity index (χ4v) is 4.01. The summed E-state index contributed by atoms with van der Waals surface area (Å²) in [5, 5.41) is 5.39. The van der Waals surface area contributed by atoms with Gasteiger partial charge in [0.15, 0.2) is 0 Å². The fourth-order valence-electron chi connectivity index (χ4n) is 4.01. The summed E-state index contributed by atoms with van der Waals surface area (Å²) < 4.78 is 0. The zero-order valence-corrected chi connectivity index (χ0v) is 18.2. The van der Waals surface area contributed by atoms with Crippen molar-refractivity contribution in [3.05, 3.63) is 71.3 Å². The summed E-state index contributed by atoms with van der Waals surface area (Å²) in [6.45, 7) is 5.79. The first-order valence-corrected chi connectivity index (χ1v) is 10.6. The zero-order valence-electron chi connectivity index (χ0n) is 18.2. The van der Waals surface area contributed by atoms with Gasteiger partial charge in [-0.05, 0) is 54.2 Å². The van der Waals surface area contributed by atoms with E-state index in [1.165, 1.54) is 6.08 Å². The van der Waals surface area contributed by atoms with Crippen LogP contribution in [0, 0.1) is 11.8 Å². The summed E-state index contributed by atoms with van der Waals surface area (Å²) in [4.78, 5) is 39.1. The third kappa shape index (κ3) is 5.81. The van der Waals surface area contributed by atoms with E-state index in [0.29, 0.717) is 28.7 Å². The van der Waals surface area contributed by atoms with E-state index in [-0.39, 0.29) is 17.7 Å². The van der Waals surface area contributed by atoms with E-state index in [1.54, 1.807) is 55.6 Å². The quantitative estimate of drug-likeness (QED) is 0.724. The standard InChI is InChI=1S/C25H29N3O3/c1-17-14-18(2)16-28(15-17)25(31)21-6-4-5-7-22(21)27-23(29)13-10-19-8-11-20(12-9-19)24(30)26-3/h4-13,17-18H,14-16H2,1-3H3,(H,26,30)(H,27,29)/b13-10+. The molecule has 1 aliphatic heterocycles. The van der Waals surface area contributed by atoms with Crippen molar-refractivity contribution in [1.29, 1.82) is 0 Å². The predicted molar refractivity (Wildman–Crippen MR) is 123 cm³/mol. The molecule has 0 radical (unpaired) electrons. The number of nitrogens with zero attached hydrogens (tertiary/aromatic N) is 1. The van der Waals surface area contributed by atoms with Crippen LogP contribution < -0.4 is 10.6 Å². The highest BCUT2D eigenvalue weighted by Gasteiger charge is 2.27. The monoisotopic (exact) mass is 419 g/mol. The summed E-state index contributed by atoms with van der Waals surface area (Å²) in [6.07, 6.45) is 4.21. The van der Waals surface area contributed by atoms with Gasteiger partial charge >= 0.3 is 0 Å². The van der Waals surface area contributed by atoms with E-state index in [0.717, 1.165) is 25.1 Å². The fraction of sp³-hybridized carbons (Fsp3) is 0.320. The highest BCUT2D eigenvalue weighted by molar-refractivity contribution is 6.07. The molecule has 3 rings (SSSR count). The molecule has 0 aromatic heterocycles. The molecule has 2 N–H and O–H groups in total. The van der Waals surface area contributed by atoms with Crippen molar-refractivity contribution in [2.45, 2.75) is 20.3 Å². The smallest absolute Gasteiger partial charge is 0.255 e. The maximum absolute atomic E-state index is 13.1. The van der Waals surface area contributed by atoms with Crippen LogP contribution in [0.3, 0.4) is 0 Å². The largest absolute Gasteiger partial charge is 0.355 e. The lowest BCUT2D eigenvalue weighted by Crippen LogP contribution is -2.42. The van der Waals surface area contributed by atoms with Crippen LogP contribution in [-0.4, -0.2) is 42.8 Å². The number of para-hydroxylation sites is 1. The lowest BCUT2D eigenvalue weighted by Gasteiger charge is -2.35. The zero-order chi connectivity index (χ0) is 22.4. The van der Waals surface area contributed by atoms with Crippen molar-refractivity contribution < 1.29 is 14.4 Å². The van der Waals surface area contributed by atoms with Gasteiger partial charge in [-0.25, -0.2) is 0 Å². The third-order valence-electron chi connectivity index (χ3n) is 5.40. The molecule has 1 aliphatic rings. The Bertz CT molecular complexity index is 972. The Balaban J connectivity index is 1.69. The van der Waals surface area contributed by atoms with Gasteiger partial charge in [-0.2, -0.15) is 0 Å². The Morgan fingerprint density at radius 3 is 2.26 bits per heavy atom. The minimum absolute atomic E-state index is 0.0527. The number of hydrogen-bond acceptors (Lipinski definition) is 3. The molecule has 3 amide bonds. The second-order valence-corrected chi connectivity index (χ2v) is 8.23. The number of hydrogen-bond donors (Lipinski definition) is 2. The van der Waals surface area contributed by atoms with Crippen LogP contribution in [-0.2, 0) is 4.79 Å². The van der Waals surface area contributed by atoms with Crippen LogP contribution in [0.2, 0.25) is 0 Å². The first-order valence-electron chi connectivity index (χ1n) is 10.6. The molecule has 1 heterocycles. The Morgan fingerprint density at radius 2 is 1.61 bits per heavy atom. The van der Waals surface area contributed by atoms with Gasteiger partial charge in [0.05, 0.1) is 11.3 Å². The first kappa shape index (κ1) is 22.3. The van der Waals surface area contributed by atoms with Gasteiger partial charge in [-0.15, -0.1) is 0 Å². The number of likely N-dealkylation sites (tertiary alicyclic amines) is 1. The number of rotatable bonds is 5. The van der Waals surface area contributed by atoms with Crippen molar-refractivity contribution in [3.63, 3.8) is 0 Å². The van der Waals surface area contributed by atoms with Crippen molar-refractivity contribution in [3.8, 4) is 0 Å². The van der Waals surface area contributed by atoms with Gasteiger partial charge in [0.25, 0.3) is 11.8 Å². The number of carbonyl (C=O) groups is 3. The molecular weight excluding hydrogens is 390 g/mol. The molecule has 0 aliphatic carbocycles. The molecule has 1 saturated heterocycles. The van der Waals surface area contributed by atoms with E-state index in [2.05, 4.69) is 24.5 Å². The van der Waals surface area contributed by atoms with Crippen LogP contribution in [0.5, 0.6) is 0 Å². The second-order valence-electron chi connectivity index (χ2n) is 8.23. The van der Waals surface area contributed by atoms with E-state index in [4.69, 9.17) is 0 Å². The van der Waals surface area contributed by atoms with E-state index < -0.39 is 0 Å². The van der Waals surface area contributed by atoms with Crippen molar-refractivity contribution in [1.82, 2.24) is 10.2 Å². The summed E-state index contributed by atoms with van der Waals surface area (Å²) in [6, 6.07) is 14.0. The maximum Gasteiger partial charge on any atom is 0.255 e. The number of amides is 3. The lowest BCUT2D eigenvalue weighted by atomic mass is 9.91. The number of piperidine rings is 1. The molecule has 162 valence electrons. The summed E-state index contributed by atoms with van der Waals surface area (Å²) in [7, 11) is 1.58. The molecule has 6 nitrogen and oxygen atoms in total. The molecule has 2 aromatic rings. The van der Waals surface area contributed by atoms with Crippen LogP contribution in [0.1, 0.15) is 46.5 Å². The molecule has 31 heavy (non-hydrogen) atoms. The minimum atomic E-state index is -0.323. The molecule has 2 unspecified atom stereocenters. The molecular formula is C25H29N3O3. The van der Waals surface area contributed by atoms with Crippen molar-refractivity contribution in [2.24, 2.45) is 11.8 Å². The van der Waals surface area contributed by atoms with Crippen LogP contribution in [0.4, 0.5) is 5.69 Å². The van der Waals surface area contributed by atoms with Crippen LogP contribution in [0.25, 0.3) is 6.08 Å². The van der Waals surface area contributed by atoms with Gasteiger partial charge in [-0.3, -0.25) is 14.4 Å². The SMILES string of the molecule is CNC(=O)c1ccc(/C=C/C(=O)Nc2ccccc2C(=O)N2CC(C)CC(C)C2)cc1.